The van der Waals surface area contributed by atoms with Crippen LogP contribution >= 0.6 is 0 Å². The van der Waals surface area contributed by atoms with E-state index in [1.54, 1.807) is 18.2 Å². The summed E-state index contributed by atoms with van der Waals surface area (Å²) in [7, 11) is 1.34. The number of esters is 1. The predicted molar refractivity (Wildman–Crippen MR) is 67.6 cm³/mol. The summed E-state index contributed by atoms with van der Waals surface area (Å²) in [6, 6.07) is 4.91. The lowest BCUT2D eigenvalue weighted by molar-refractivity contribution is -0.140. The van der Waals surface area contributed by atoms with Gasteiger partial charge in [0.15, 0.2) is 5.78 Å². The molecule has 98 valence electrons. The maximum absolute atomic E-state index is 11.4. The molecule has 5 heteroatoms. The molecule has 0 aliphatic rings. The molecule has 0 unspecified atom stereocenters. The van der Waals surface area contributed by atoms with Crippen molar-refractivity contribution in [1.82, 2.24) is 0 Å². The molecule has 0 saturated carbocycles. The van der Waals surface area contributed by atoms with Gasteiger partial charge in [-0.1, -0.05) is 0 Å². The first-order valence-corrected chi connectivity index (χ1v) is 5.64. The van der Waals surface area contributed by atoms with Crippen molar-refractivity contribution in [1.29, 1.82) is 0 Å². The number of nitrogens with two attached hydrogens (primary N) is 1. The van der Waals surface area contributed by atoms with E-state index in [1.807, 2.05) is 0 Å². The van der Waals surface area contributed by atoms with Gasteiger partial charge in [0.1, 0.15) is 5.75 Å². The molecule has 0 amide bonds. The fourth-order valence-corrected chi connectivity index (χ4v) is 1.45. The van der Waals surface area contributed by atoms with Crippen LogP contribution in [0.25, 0.3) is 0 Å². The fourth-order valence-electron chi connectivity index (χ4n) is 1.45. The van der Waals surface area contributed by atoms with Crippen molar-refractivity contribution >= 4 is 17.4 Å². The van der Waals surface area contributed by atoms with Gasteiger partial charge in [-0.05, 0) is 31.5 Å². The molecule has 0 aliphatic carbocycles. The lowest BCUT2D eigenvalue weighted by Gasteiger charge is -2.10. The number of methoxy groups -OCH3 is 1. The van der Waals surface area contributed by atoms with E-state index in [0.29, 0.717) is 36.4 Å². The molecule has 0 aliphatic heterocycles. The number of ether oxygens (including phenoxy) is 2. The minimum Gasteiger partial charge on any atom is -0.493 e. The van der Waals surface area contributed by atoms with Gasteiger partial charge in [-0.2, -0.15) is 0 Å². The summed E-state index contributed by atoms with van der Waals surface area (Å²) >= 11 is 0. The Kier molecular flexibility index (Phi) is 5.17. The van der Waals surface area contributed by atoms with E-state index in [-0.39, 0.29) is 11.8 Å². The van der Waals surface area contributed by atoms with E-state index < -0.39 is 0 Å². The molecule has 1 rings (SSSR count). The number of ketones is 1. The summed E-state index contributed by atoms with van der Waals surface area (Å²) in [6.45, 7) is 1.80. The molecule has 0 bridgehead atoms. The fraction of sp³-hybridized carbons (Fsp3) is 0.385. The monoisotopic (exact) mass is 251 g/mol. The minimum absolute atomic E-state index is 0.106. The zero-order valence-electron chi connectivity index (χ0n) is 10.6. The number of hydrogen-bond donors (Lipinski definition) is 1. The van der Waals surface area contributed by atoms with Gasteiger partial charge >= 0.3 is 5.97 Å². The van der Waals surface area contributed by atoms with E-state index in [0.717, 1.165) is 0 Å². The smallest absolute Gasteiger partial charge is 0.305 e. The molecular weight excluding hydrogens is 234 g/mol. The summed E-state index contributed by atoms with van der Waals surface area (Å²) < 4.78 is 9.98. The lowest BCUT2D eigenvalue weighted by atomic mass is 10.1. The van der Waals surface area contributed by atoms with Crippen molar-refractivity contribution in [3.63, 3.8) is 0 Å². The van der Waals surface area contributed by atoms with Crippen LogP contribution in [0.5, 0.6) is 5.75 Å². The van der Waals surface area contributed by atoms with Gasteiger partial charge in [0.2, 0.25) is 0 Å². The Hall–Kier alpha value is -2.04. The van der Waals surface area contributed by atoms with E-state index in [4.69, 9.17) is 10.5 Å². The topological polar surface area (TPSA) is 78.6 Å². The average molecular weight is 251 g/mol. The maximum atomic E-state index is 11.4. The summed E-state index contributed by atoms with van der Waals surface area (Å²) in [5, 5.41) is 0. The Labute approximate surface area is 106 Å². The number of hydrogen-bond acceptors (Lipinski definition) is 5. The van der Waals surface area contributed by atoms with Gasteiger partial charge in [0.05, 0.1) is 19.3 Å². The number of anilines is 1. The van der Waals surface area contributed by atoms with Gasteiger partial charge in [-0.25, -0.2) is 0 Å². The third-order valence-electron chi connectivity index (χ3n) is 2.39. The second-order valence-electron chi connectivity index (χ2n) is 3.84. The van der Waals surface area contributed by atoms with Gasteiger partial charge < -0.3 is 15.2 Å². The second kappa shape index (κ2) is 6.64. The quantitative estimate of drug-likeness (QED) is 0.361. The van der Waals surface area contributed by atoms with Gasteiger partial charge in [0.25, 0.3) is 0 Å². The highest BCUT2D eigenvalue weighted by atomic mass is 16.5. The molecule has 1 aromatic rings. The number of Topliss-reactive ketones (excluding diaryl/α,β-unsaturated/α-hetero) is 1. The molecule has 5 nitrogen and oxygen atoms in total. The predicted octanol–water partition coefficient (Wildman–Crippen LogP) is 1.80. The first kappa shape index (κ1) is 14.0. The van der Waals surface area contributed by atoms with Crippen LogP contribution in [-0.2, 0) is 9.53 Å². The molecule has 0 heterocycles. The number of nitrogen functional groups attached to an aromatic ring is 1. The molecule has 0 saturated heterocycles. The Morgan fingerprint density at radius 2 is 2.06 bits per heavy atom. The molecule has 0 spiro atoms. The van der Waals surface area contributed by atoms with Crippen LogP contribution in [0.1, 0.15) is 30.1 Å². The minimum atomic E-state index is -0.275. The molecule has 18 heavy (non-hydrogen) atoms. The summed E-state index contributed by atoms with van der Waals surface area (Å²) in [5.41, 5.74) is 6.58. The molecule has 1 aromatic carbocycles. The first-order valence-electron chi connectivity index (χ1n) is 5.64. The Morgan fingerprint density at radius 3 is 2.67 bits per heavy atom. The van der Waals surface area contributed by atoms with Crippen LogP contribution in [0, 0.1) is 0 Å². The maximum Gasteiger partial charge on any atom is 0.305 e. The SMILES string of the molecule is COC(=O)CCCOc1ccc(N)cc1C(C)=O. The number of carbonyl (C=O) groups is 2. The second-order valence-corrected chi connectivity index (χ2v) is 3.84. The molecule has 2 N–H and O–H groups in total. The summed E-state index contributed by atoms with van der Waals surface area (Å²) in [4.78, 5) is 22.3. The number of rotatable bonds is 6. The number of carbonyl (C=O) groups excluding carboxylic acids is 2. The molecule has 0 radical (unpaired) electrons. The Bertz CT molecular complexity index is 443. The molecule has 0 aromatic heterocycles. The van der Waals surface area contributed by atoms with Crippen molar-refractivity contribution in [2.45, 2.75) is 19.8 Å². The number of benzene rings is 1. The molecule has 0 fully saturated rings. The van der Waals surface area contributed by atoms with Crippen LogP contribution in [0.2, 0.25) is 0 Å². The molecular formula is C13H17NO4. The highest BCUT2D eigenvalue weighted by molar-refractivity contribution is 5.97. The summed E-state index contributed by atoms with van der Waals surface area (Å²) in [5.74, 6) is 0.106. The van der Waals surface area contributed by atoms with E-state index in [9.17, 15) is 9.59 Å². The summed E-state index contributed by atoms with van der Waals surface area (Å²) in [6.07, 6.45) is 0.829. The largest absolute Gasteiger partial charge is 0.493 e. The first-order chi connectivity index (χ1) is 8.54. The van der Waals surface area contributed by atoms with Gasteiger partial charge in [0, 0.05) is 12.1 Å². The van der Waals surface area contributed by atoms with Crippen molar-refractivity contribution in [2.75, 3.05) is 19.5 Å². The van der Waals surface area contributed by atoms with Crippen LogP contribution in [0.3, 0.4) is 0 Å². The van der Waals surface area contributed by atoms with Gasteiger partial charge in [-0.15, -0.1) is 0 Å². The highest BCUT2D eigenvalue weighted by Gasteiger charge is 2.09. The zero-order chi connectivity index (χ0) is 13.5. The van der Waals surface area contributed by atoms with Crippen molar-refractivity contribution in [3.05, 3.63) is 23.8 Å². The highest BCUT2D eigenvalue weighted by Crippen LogP contribution is 2.22. The van der Waals surface area contributed by atoms with E-state index >= 15 is 0 Å². The normalized spacial score (nSPS) is 9.89. The Balaban J connectivity index is 2.56. The zero-order valence-corrected chi connectivity index (χ0v) is 10.6. The third kappa shape index (κ3) is 4.08. The van der Waals surface area contributed by atoms with Crippen LogP contribution in [-0.4, -0.2) is 25.5 Å². The van der Waals surface area contributed by atoms with Crippen molar-refractivity contribution in [2.24, 2.45) is 0 Å². The average Bonchev–Trinajstić information content (AvgIpc) is 2.35. The van der Waals surface area contributed by atoms with Crippen LogP contribution in [0.15, 0.2) is 18.2 Å². The van der Waals surface area contributed by atoms with Crippen molar-refractivity contribution < 1.29 is 19.1 Å². The molecule has 0 atom stereocenters. The lowest BCUT2D eigenvalue weighted by Crippen LogP contribution is -2.07. The van der Waals surface area contributed by atoms with Crippen molar-refractivity contribution in [3.8, 4) is 5.75 Å². The van der Waals surface area contributed by atoms with Crippen LogP contribution < -0.4 is 10.5 Å². The van der Waals surface area contributed by atoms with Gasteiger partial charge in [-0.3, -0.25) is 9.59 Å². The third-order valence-corrected chi connectivity index (χ3v) is 2.39. The standard InChI is InChI=1S/C13H17NO4/c1-9(15)11-8-10(14)5-6-12(11)18-7-3-4-13(16)17-2/h5-6,8H,3-4,7,14H2,1-2H3. The van der Waals surface area contributed by atoms with Crippen LogP contribution in [0.4, 0.5) is 5.69 Å². The Morgan fingerprint density at radius 1 is 1.33 bits per heavy atom. The van der Waals surface area contributed by atoms with E-state index in [2.05, 4.69) is 4.74 Å². The van der Waals surface area contributed by atoms with E-state index in [1.165, 1.54) is 14.0 Å².